The first kappa shape index (κ1) is 16.2. The second kappa shape index (κ2) is 6.09. The van der Waals surface area contributed by atoms with Gasteiger partial charge in [0.2, 0.25) is 0 Å². The average molecular weight is 270 g/mol. The third kappa shape index (κ3) is 4.35. The monoisotopic (exact) mass is 270 g/mol. The van der Waals surface area contributed by atoms with Crippen LogP contribution in [0.5, 0.6) is 0 Å². The van der Waals surface area contributed by atoms with Gasteiger partial charge in [0, 0.05) is 30.6 Å². The Morgan fingerprint density at radius 3 is 2.53 bits per heavy atom. The Morgan fingerprint density at radius 1 is 1.37 bits per heavy atom. The summed E-state index contributed by atoms with van der Waals surface area (Å²) >= 11 is 0. The van der Waals surface area contributed by atoms with Gasteiger partial charge in [-0.15, -0.1) is 0 Å². The molecule has 0 aromatic carbocycles. The van der Waals surface area contributed by atoms with Crippen LogP contribution < -0.4 is 5.73 Å². The molecule has 1 aliphatic rings. The first-order chi connectivity index (χ1) is 8.69. The summed E-state index contributed by atoms with van der Waals surface area (Å²) in [6.45, 7) is 13.1. The summed E-state index contributed by atoms with van der Waals surface area (Å²) in [6, 6.07) is 0. The zero-order chi connectivity index (χ0) is 14.7. The number of likely N-dealkylation sites (N-methyl/N-ethyl adjacent to an activating group) is 1. The standard InChI is InChI=1S/C14H30N4O/c1-13(2,12(15)16-19)7-6-8-18-10-9-17(5)14(3,4)11-18/h19H,6-11H2,1-5H3,(H2,15,16). The fraction of sp³-hybridized carbons (Fsp3) is 0.929. The molecule has 0 unspecified atom stereocenters. The molecule has 1 heterocycles. The zero-order valence-electron chi connectivity index (χ0n) is 13.1. The van der Waals surface area contributed by atoms with E-state index in [1.54, 1.807) is 0 Å². The van der Waals surface area contributed by atoms with Crippen LogP contribution in [0.15, 0.2) is 5.16 Å². The van der Waals surface area contributed by atoms with Gasteiger partial charge < -0.3 is 15.8 Å². The van der Waals surface area contributed by atoms with E-state index in [9.17, 15) is 0 Å². The predicted molar refractivity (Wildman–Crippen MR) is 79.6 cm³/mol. The highest BCUT2D eigenvalue weighted by Crippen LogP contribution is 2.24. The molecule has 5 heteroatoms. The van der Waals surface area contributed by atoms with Crippen molar-refractivity contribution in [1.82, 2.24) is 9.80 Å². The van der Waals surface area contributed by atoms with Crippen LogP contribution in [0.3, 0.4) is 0 Å². The van der Waals surface area contributed by atoms with Gasteiger partial charge >= 0.3 is 0 Å². The van der Waals surface area contributed by atoms with Gasteiger partial charge in [-0.1, -0.05) is 19.0 Å². The van der Waals surface area contributed by atoms with Crippen LogP contribution in [0, 0.1) is 5.41 Å². The van der Waals surface area contributed by atoms with E-state index in [1.807, 2.05) is 13.8 Å². The Hall–Kier alpha value is -0.810. The Balaban J connectivity index is 2.38. The molecule has 0 aliphatic carbocycles. The van der Waals surface area contributed by atoms with Gasteiger partial charge in [0.15, 0.2) is 0 Å². The number of hydrogen-bond donors (Lipinski definition) is 2. The average Bonchev–Trinajstić information content (AvgIpc) is 2.32. The largest absolute Gasteiger partial charge is 0.409 e. The molecule has 1 rings (SSSR count). The van der Waals surface area contributed by atoms with Crippen molar-refractivity contribution >= 4 is 5.84 Å². The van der Waals surface area contributed by atoms with E-state index in [4.69, 9.17) is 10.9 Å². The van der Waals surface area contributed by atoms with Gasteiger partial charge in [-0.2, -0.15) is 0 Å². The van der Waals surface area contributed by atoms with Crippen molar-refractivity contribution < 1.29 is 5.21 Å². The third-order valence-electron chi connectivity index (χ3n) is 4.47. The van der Waals surface area contributed by atoms with Gasteiger partial charge in [-0.05, 0) is 40.3 Å². The zero-order valence-corrected chi connectivity index (χ0v) is 13.1. The third-order valence-corrected chi connectivity index (χ3v) is 4.47. The lowest BCUT2D eigenvalue weighted by Gasteiger charge is -2.45. The van der Waals surface area contributed by atoms with E-state index in [1.165, 1.54) is 0 Å². The predicted octanol–water partition coefficient (Wildman–Crippen LogP) is 1.57. The van der Waals surface area contributed by atoms with Gasteiger partial charge in [0.05, 0.1) is 0 Å². The minimum absolute atomic E-state index is 0.225. The highest BCUT2D eigenvalue weighted by Gasteiger charge is 2.31. The van der Waals surface area contributed by atoms with E-state index in [0.717, 1.165) is 39.0 Å². The Bertz CT molecular complexity index is 325. The Kier molecular flexibility index (Phi) is 5.21. The molecular formula is C14H30N4O. The molecule has 0 spiro atoms. The second-order valence-electron chi connectivity index (χ2n) is 6.98. The smallest absolute Gasteiger partial charge is 0.144 e. The fourth-order valence-electron chi connectivity index (χ4n) is 2.54. The van der Waals surface area contributed by atoms with Crippen molar-refractivity contribution in [3.63, 3.8) is 0 Å². The van der Waals surface area contributed by atoms with Gasteiger partial charge in [-0.3, -0.25) is 4.90 Å². The molecule has 1 aliphatic heterocycles. The molecule has 0 bridgehead atoms. The van der Waals surface area contributed by atoms with Crippen LogP contribution in [0.25, 0.3) is 0 Å². The molecule has 112 valence electrons. The van der Waals surface area contributed by atoms with Crippen LogP contribution in [0.2, 0.25) is 0 Å². The maximum atomic E-state index is 8.76. The molecule has 0 radical (unpaired) electrons. The quantitative estimate of drug-likeness (QED) is 0.344. The molecule has 0 saturated carbocycles. The number of hydrogen-bond acceptors (Lipinski definition) is 4. The van der Waals surface area contributed by atoms with Crippen LogP contribution in [-0.4, -0.2) is 59.6 Å². The van der Waals surface area contributed by atoms with Crippen molar-refractivity contribution in [2.45, 2.75) is 46.1 Å². The minimum Gasteiger partial charge on any atom is -0.409 e. The first-order valence-electron chi connectivity index (χ1n) is 7.11. The normalized spacial score (nSPS) is 22.7. The van der Waals surface area contributed by atoms with Crippen LogP contribution in [-0.2, 0) is 0 Å². The number of nitrogens with zero attached hydrogens (tertiary/aromatic N) is 3. The molecule has 3 N–H and O–H groups in total. The Labute approximate surface area is 117 Å². The molecule has 5 nitrogen and oxygen atoms in total. The molecule has 19 heavy (non-hydrogen) atoms. The van der Waals surface area contributed by atoms with Crippen molar-refractivity contribution in [2.24, 2.45) is 16.3 Å². The number of rotatable bonds is 5. The number of piperazine rings is 1. The minimum atomic E-state index is -0.225. The van der Waals surface area contributed by atoms with E-state index < -0.39 is 0 Å². The topological polar surface area (TPSA) is 65.1 Å². The number of nitrogens with two attached hydrogens (primary N) is 1. The van der Waals surface area contributed by atoms with Crippen molar-refractivity contribution in [2.75, 3.05) is 33.2 Å². The molecule has 1 fully saturated rings. The van der Waals surface area contributed by atoms with E-state index >= 15 is 0 Å². The lowest BCUT2D eigenvalue weighted by molar-refractivity contribution is 0.0385. The molecule has 0 aromatic rings. The maximum Gasteiger partial charge on any atom is 0.144 e. The lowest BCUT2D eigenvalue weighted by atomic mass is 9.86. The lowest BCUT2D eigenvalue weighted by Crippen LogP contribution is -2.57. The van der Waals surface area contributed by atoms with E-state index in [2.05, 4.69) is 35.9 Å². The number of oxime groups is 1. The Morgan fingerprint density at radius 2 is 2.00 bits per heavy atom. The van der Waals surface area contributed by atoms with Gasteiger partial charge in [-0.25, -0.2) is 0 Å². The molecule has 1 saturated heterocycles. The van der Waals surface area contributed by atoms with Gasteiger partial charge in [0.1, 0.15) is 5.84 Å². The molecule has 0 atom stereocenters. The van der Waals surface area contributed by atoms with Crippen molar-refractivity contribution in [3.05, 3.63) is 0 Å². The van der Waals surface area contributed by atoms with E-state index in [-0.39, 0.29) is 11.0 Å². The van der Waals surface area contributed by atoms with Crippen LogP contribution in [0.1, 0.15) is 40.5 Å². The van der Waals surface area contributed by atoms with Crippen molar-refractivity contribution in [3.8, 4) is 0 Å². The highest BCUT2D eigenvalue weighted by molar-refractivity contribution is 5.85. The molecule has 0 amide bonds. The summed E-state index contributed by atoms with van der Waals surface area (Å²) in [6.07, 6.45) is 2.01. The second-order valence-corrected chi connectivity index (χ2v) is 6.98. The summed E-state index contributed by atoms with van der Waals surface area (Å²) in [5, 5.41) is 11.9. The summed E-state index contributed by atoms with van der Waals surface area (Å²) < 4.78 is 0. The summed E-state index contributed by atoms with van der Waals surface area (Å²) in [5.74, 6) is 0.325. The van der Waals surface area contributed by atoms with Gasteiger partial charge in [0.25, 0.3) is 0 Å². The van der Waals surface area contributed by atoms with Crippen LogP contribution in [0.4, 0.5) is 0 Å². The molecule has 0 aromatic heterocycles. The van der Waals surface area contributed by atoms with E-state index in [0.29, 0.717) is 5.84 Å². The van der Waals surface area contributed by atoms with Crippen molar-refractivity contribution in [1.29, 1.82) is 0 Å². The highest BCUT2D eigenvalue weighted by atomic mass is 16.4. The van der Waals surface area contributed by atoms with Crippen LogP contribution >= 0.6 is 0 Å². The number of amidine groups is 1. The summed E-state index contributed by atoms with van der Waals surface area (Å²) in [7, 11) is 2.19. The maximum absolute atomic E-state index is 8.76. The SMILES string of the molecule is CN1CCN(CCCC(C)(C)C(N)=NO)CC1(C)C. The fourth-order valence-corrected chi connectivity index (χ4v) is 2.54. The first-order valence-corrected chi connectivity index (χ1v) is 7.11. The summed E-state index contributed by atoms with van der Waals surface area (Å²) in [5.41, 5.74) is 5.73. The molecular weight excluding hydrogens is 240 g/mol. The summed E-state index contributed by atoms with van der Waals surface area (Å²) in [4.78, 5) is 4.94.